The van der Waals surface area contributed by atoms with E-state index in [1.807, 2.05) is 42.5 Å². The minimum absolute atomic E-state index is 0.239. The molecule has 1 aliphatic heterocycles. The number of amides is 3. The zero-order valence-corrected chi connectivity index (χ0v) is 17.3. The Morgan fingerprint density at radius 3 is 2.34 bits per heavy atom. The van der Waals surface area contributed by atoms with Crippen LogP contribution in [0.5, 0.6) is 0 Å². The van der Waals surface area contributed by atoms with Crippen molar-refractivity contribution in [3.05, 3.63) is 71.3 Å². The highest BCUT2D eigenvalue weighted by Crippen LogP contribution is 2.24. The second-order valence-corrected chi connectivity index (χ2v) is 7.99. The summed E-state index contributed by atoms with van der Waals surface area (Å²) < 4.78 is 0. The van der Waals surface area contributed by atoms with Gasteiger partial charge in [-0.3, -0.25) is 14.5 Å². The topological polar surface area (TPSA) is 66.5 Å². The van der Waals surface area contributed by atoms with Crippen LogP contribution in [0.2, 0.25) is 0 Å². The highest BCUT2D eigenvalue weighted by molar-refractivity contribution is 6.11. The van der Waals surface area contributed by atoms with Crippen LogP contribution in [0.15, 0.2) is 54.6 Å². The largest absolute Gasteiger partial charge is 0.325 e. The van der Waals surface area contributed by atoms with Gasteiger partial charge in [-0.2, -0.15) is 0 Å². The van der Waals surface area contributed by atoms with Gasteiger partial charge in [0, 0.05) is 5.56 Å². The van der Waals surface area contributed by atoms with E-state index in [2.05, 4.69) is 19.2 Å². The monoisotopic (exact) mass is 392 g/mol. The number of carbonyl (C=O) groups is 3. The minimum atomic E-state index is -0.992. The van der Waals surface area contributed by atoms with E-state index in [0.717, 1.165) is 16.9 Å². The summed E-state index contributed by atoms with van der Waals surface area (Å²) in [7, 11) is 0. The first-order valence-corrected chi connectivity index (χ1v) is 10.1. The zero-order valence-electron chi connectivity index (χ0n) is 17.3. The van der Waals surface area contributed by atoms with Crippen molar-refractivity contribution in [3.8, 4) is 0 Å². The summed E-state index contributed by atoms with van der Waals surface area (Å²) in [5.74, 6) is -0.157. The Morgan fingerprint density at radius 1 is 1.07 bits per heavy atom. The number of carbonyl (C=O) groups excluding carboxylic acids is 3. The van der Waals surface area contributed by atoms with Gasteiger partial charge in [0.25, 0.3) is 5.91 Å². The lowest BCUT2D eigenvalue weighted by atomic mass is 9.93. The van der Waals surface area contributed by atoms with Crippen molar-refractivity contribution in [2.24, 2.45) is 0 Å². The molecule has 2 aromatic rings. The van der Waals surface area contributed by atoms with Crippen LogP contribution in [0.4, 0.5) is 4.79 Å². The van der Waals surface area contributed by atoms with Gasteiger partial charge in [0.15, 0.2) is 5.78 Å². The van der Waals surface area contributed by atoms with Crippen LogP contribution in [0.1, 0.15) is 61.0 Å². The standard InChI is InChI=1S/C24H28N2O3/c1-4-17(2)19-10-12-20(13-11-19)21(27)16-26-22(28)24(3,25-23(26)29)15-14-18-8-6-5-7-9-18/h5-13,17H,4,14-16H2,1-3H3,(H,25,29)/t17-,24+/m1/s1. The fraction of sp³-hybridized carbons (Fsp3) is 0.375. The number of rotatable bonds is 8. The van der Waals surface area contributed by atoms with Gasteiger partial charge < -0.3 is 5.32 Å². The first-order valence-electron chi connectivity index (χ1n) is 10.1. The van der Waals surface area contributed by atoms with E-state index in [-0.39, 0.29) is 18.2 Å². The summed E-state index contributed by atoms with van der Waals surface area (Å²) in [6.07, 6.45) is 2.18. The number of imide groups is 1. The van der Waals surface area contributed by atoms with Crippen molar-refractivity contribution in [2.75, 3.05) is 6.54 Å². The number of hydrogen-bond donors (Lipinski definition) is 1. The van der Waals surface area contributed by atoms with Crippen molar-refractivity contribution in [1.29, 1.82) is 0 Å². The van der Waals surface area contributed by atoms with Crippen LogP contribution in [0.25, 0.3) is 0 Å². The van der Waals surface area contributed by atoms with Gasteiger partial charge >= 0.3 is 6.03 Å². The van der Waals surface area contributed by atoms with E-state index in [1.165, 1.54) is 5.56 Å². The first kappa shape index (κ1) is 20.8. The summed E-state index contributed by atoms with van der Waals surface area (Å²) in [6, 6.07) is 16.8. The molecule has 0 aliphatic carbocycles. The molecule has 5 heteroatoms. The van der Waals surface area contributed by atoms with Crippen LogP contribution in [-0.4, -0.2) is 34.7 Å². The summed E-state index contributed by atoms with van der Waals surface area (Å²) in [5.41, 5.74) is 1.79. The number of Topliss-reactive ketones (excluding diaryl/α,β-unsaturated/α-hetero) is 1. The van der Waals surface area contributed by atoms with Gasteiger partial charge in [-0.25, -0.2) is 4.79 Å². The summed E-state index contributed by atoms with van der Waals surface area (Å²) in [4.78, 5) is 39.0. The molecule has 29 heavy (non-hydrogen) atoms. The third kappa shape index (κ3) is 4.56. The molecule has 0 unspecified atom stereocenters. The molecule has 1 saturated heterocycles. The van der Waals surface area contributed by atoms with Crippen LogP contribution < -0.4 is 5.32 Å². The van der Waals surface area contributed by atoms with Gasteiger partial charge in [-0.1, -0.05) is 68.4 Å². The van der Waals surface area contributed by atoms with Gasteiger partial charge in [0.2, 0.25) is 0 Å². The van der Waals surface area contributed by atoms with Gasteiger partial charge in [0.05, 0.1) is 6.54 Å². The molecule has 0 spiro atoms. The average Bonchev–Trinajstić information content (AvgIpc) is 2.96. The molecule has 0 saturated carbocycles. The molecule has 3 amide bonds. The maximum Gasteiger partial charge on any atom is 0.325 e. The van der Waals surface area contributed by atoms with E-state index < -0.39 is 11.6 Å². The van der Waals surface area contributed by atoms with E-state index in [9.17, 15) is 14.4 Å². The Hall–Kier alpha value is -2.95. The lowest BCUT2D eigenvalue weighted by Crippen LogP contribution is -2.44. The highest BCUT2D eigenvalue weighted by atomic mass is 16.2. The number of nitrogens with one attached hydrogen (secondary N) is 1. The first-order chi connectivity index (χ1) is 13.8. The molecule has 0 bridgehead atoms. The predicted molar refractivity (Wildman–Crippen MR) is 113 cm³/mol. The molecule has 3 rings (SSSR count). The molecule has 152 valence electrons. The van der Waals surface area contributed by atoms with Crippen molar-refractivity contribution in [3.63, 3.8) is 0 Å². The maximum absolute atomic E-state index is 12.9. The molecule has 1 N–H and O–H groups in total. The molecular weight excluding hydrogens is 364 g/mol. The minimum Gasteiger partial charge on any atom is -0.323 e. The van der Waals surface area contributed by atoms with E-state index in [4.69, 9.17) is 0 Å². The Balaban J connectivity index is 1.65. The van der Waals surface area contributed by atoms with Crippen molar-refractivity contribution >= 4 is 17.7 Å². The number of benzene rings is 2. The Bertz CT molecular complexity index is 892. The predicted octanol–water partition coefficient (Wildman–Crippen LogP) is 4.33. The third-order valence-electron chi connectivity index (χ3n) is 5.82. The van der Waals surface area contributed by atoms with Crippen LogP contribution in [0.3, 0.4) is 0 Å². The Kier molecular flexibility index (Phi) is 6.16. The Labute approximate surface area is 172 Å². The van der Waals surface area contributed by atoms with Gasteiger partial charge in [-0.05, 0) is 43.2 Å². The molecule has 1 heterocycles. The van der Waals surface area contributed by atoms with Crippen LogP contribution >= 0.6 is 0 Å². The van der Waals surface area contributed by atoms with E-state index >= 15 is 0 Å². The lowest BCUT2D eigenvalue weighted by molar-refractivity contribution is -0.130. The van der Waals surface area contributed by atoms with Crippen LogP contribution in [0, 0.1) is 0 Å². The SMILES string of the molecule is CC[C@@H](C)c1ccc(C(=O)CN2C(=O)N[C@@](C)(CCc3ccccc3)C2=O)cc1. The van der Waals surface area contributed by atoms with E-state index in [0.29, 0.717) is 24.3 Å². The summed E-state index contributed by atoms with van der Waals surface area (Å²) in [5, 5.41) is 2.77. The molecule has 2 aromatic carbocycles. The summed E-state index contributed by atoms with van der Waals surface area (Å²) >= 11 is 0. The summed E-state index contributed by atoms with van der Waals surface area (Å²) in [6.45, 7) is 5.74. The molecule has 5 nitrogen and oxygen atoms in total. The molecule has 1 fully saturated rings. The number of aryl methyl sites for hydroxylation is 1. The van der Waals surface area contributed by atoms with Gasteiger partial charge in [-0.15, -0.1) is 0 Å². The smallest absolute Gasteiger partial charge is 0.323 e. The van der Waals surface area contributed by atoms with Crippen LogP contribution in [-0.2, 0) is 11.2 Å². The highest BCUT2D eigenvalue weighted by Gasteiger charge is 2.47. The quantitative estimate of drug-likeness (QED) is 0.537. The second kappa shape index (κ2) is 8.60. The average molecular weight is 392 g/mol. The second-order valence-electron chi connectivity index (χ2n) is 7.99. The fourth-order valence-corrected chi connectivity index (χ4v) is 3.57. The third-order valence-corrected chi connectivity index (χ3v) is 5.82. The van der Waals surface area contributed by atoms with Crippen molar-refractivity contribution in [1.82, 2.24) is 10.2 Å². The zero-order chi connectivity index (χ0) is 21.0. The molecule has 1 aliphatic rings. The van der Waals surface area contributed by atoms with Gasteiger partial charge in [0.1, 0.15) is 5.54 Å². The number of ketones is 1. The molecule has 2 atom stereocenters. The Morgan fingerprint density at radius 2 is 1.72 bits per heavy atom. The lowest BCUT2D eigenvalue weighted by Gasteiger charge is -2.21. The fourth-order valence-electron chi connectivity index (χ4n) is 3.57. The molecule has 0 radical (unpaired) electrons. The van der Waals surface area contributed by atoms with Crippen molar-refractivity contribution < 1.29 is 14.4 Å². The number of urea groups is 1. The number of nitrogens with zero attached hydrogens (tertiary/aromatic N) is 1. The molecule has 0 aromatic heterocycles. The number of hydrogen-bond acceptors (Lipinski definition) is 3. The van der Waals surface area contributed by atoms with Crippen molar-refractivity contribution in [2.45, 2.75) is 51.5 Å². The molecular formula is C24H28N2O3. The maximum atomic E-state index is 12.9. The van der Waals surface area contributed by atoms with E-state index in [1.54, 1.807) is 19.1 Å². The normalized spacial score (nSPS) is 19.9.